The molecule has 32 heavy (non-hydrogen) atoms. The molecule has 1 amide bonds. The maximum absolute atomic E-state index is 13.1. The van der Waals surface area contributed by atoms with E-state index in [1.54, 1.807) is 0 Å². The fourth-order valence-corrected chi connectivity index (χ4v) is 4.15. The van der Waals surface area contributed by atoms with Gasteiger partial charge in [0.1, 0.15) is 11.4 Å². The van der Waals surface area contributed by atoms with E-state index in [0.717, 1.165) is 23.0 Å². The molecule has 1 aromatic heterocycles. The molecule has 170 valence electrons. The van der Waals surface area contributed by atoms with Crippen molar-refractivity contribution in [3.63, 3.8) is 0 Å². The summed E-state index contributed by atoms with van der Waals surface area (Å²) in [5, 5.41) is 3.04. The van der Waals surface area contributed by atoms with Gasteiger partial charge in [-0.1, -0.05) is 30.3 Å². The second-order valence-electron chi connectivity index (χ2n) is 8.74. The second-order valence-corrected chi connectivity index (χ2v) is 8.74. The Balaban J connectivity index is 1.48. The Morgan fingerprint density at radius 2 is 1.72 bits per heavy atom. The number of nitrogen functional groups attached to an aromatic ring is 1. The third-order valence-corrected chi connectivity index (χ3v) is 6.29. The van der Waals surface area contributed by atoms with Gasteiger partial charge < -0.3 is 11.1 Å². The fourth-order valence-electron chi connectivity index (χ4n) is 4.15. The van der Waals surface area contributed by atoms with Gasteiger partial charge in [0, 0.05) is 19.0 Å². The van der Waals surface area contributed by atoms with E-state index in [1.165, 1.54) is 11.6 Å². The molecule has 2 fully saturated rings. The molecule has 0 radical (unpaired) electrons. The smallest absolute Gasteiger partial charge is 0.332 e. The summed E-state index contributed by atoms with van der Waals surface area (Å²) in [7, 11) is 1.35. The predicted octanol–water partition coefficient (Wildman–Crippen LogP) is 0.351. The lowest BCUT2D eigenvalue weighted by Crippen LogP contribution is -2.46. The number of piperidine rings is 1. The molecule has 2 aliphatic rings. The number of anilines is 1. The molecular weight excluding hydrogens is 410 g/mol. The number of nitrogens with zero attached hydrogens (tertiary/aromatic N) is 3. The molecule has 0 atom stereocenters. The average Bonchev–Trinajstić information content (AvgIpc) is 3.60. The van der Waals surface area contributed by atoms with E-state index in [1.807, 2.05) is 35.2 Å². The number of hydrogen-bond acceptors (Lipinski definition) is 6. The van der Waals surface area contributed by atoms with Gasteiger partial charge in [-0.15, -0.1) is 0 Å². The Kier molecular flexibility index (Phi) is 6.27. The van der Waals surface area contributed by atoms with Crippen molar-refractivity contribution in [2.24, 2.45) is 13.0 Å². The summed E-state index contributed by atoms with van der Waals surface area (Å²) in [5.74, 6) is -0.450. The van der Waals surface area contributed by atoms with Gasteiger partial charge in [0.2, 0.25) is 5.91 Å². The van der Waals surface area contributed by atoms with Gasteiger partial charge in [-0.05, 0) is 44.3 Å². The lowest BCUT2D eigenvalue weighted by Gasteiger charge is -2.30. The number of likely N-dealkylation sites (tertiary alicyclic amines) is 1. The maximum atomic E-state index is 13.1. The van der Waals surface area contributed by atoms with E-state index in [2.05, 4.69) is 5.32 Å². The molecule has 4 rings (SSSR count). The van der Waals surface area contributed by atoms with Crippen LogP contribution in [-0.4, -0.2) is 51.4 Å². The zero-order valence-corrected chi connectivity index (χ0v) is 18.3. The topological polar surface area (TPSA) is 119 Å². The first-order chi connectivity index (χ1) is 15.3. The summed E-state index contributed by atoms with van der Waals surface area (Å²) < 4.78 is 2.19. The van der Waals surface area contributed by atoms with Crippen molar-refractivity contribution in [1.29, 1.82) is 0 Å². The highest BCUT2D eigenvalue weighted by molar-refractivity contribution is 6.01. The second kappa shape index (κ2) is 9.12. The number of carbonyl (C=O) groups is 2. The summed E-state index contributed by atoms with van der Waals surface area (Å²) >= 11 is 0. The number of Topliss-reactive ketones (excluding diaryl/α,β-unsaturated/α-hetero) is 1. The molecule has 2 aromatic rings. The molecule has 1 saturated heterocycles. The molecule has 1 aliphatic heterocycles. The molecule has 2 heterocycles. The highest BCUT2D eigenvalue weighted by atomic mass is 16.2. The van der Waals surface area contributed by atoms with Crippen LogP contribution < -0.4 is 22.3 Å². The van der Waals surface area contributed by atoms with Crippen molar-refractivity contribution in [3.05, 3.63) is 62.3 Å². The first-order valence-corrected chi connectivity index (χ1v) is 11.0. The number of ketones is 1. The predicted molar refractivity (Wildman–Crippen MR) is 121 cm³/mol. The van der Waals surface area contributed by atoms with Crippen LogP contribution in [0.5, 0.6) is 0 Å². The molecule has 1 aliphatic carbocycles. The first kappa shape index (κ1) is 22.0. The number of benzene rings is 1. The van der Waals surface area contributed by atoms with E-state index in [0.29, 0.717) is 32.0 Å². The number of nitrogens with two attached hydrogens (primary N) is 1. The summed E-state index contributed by atoms with van der Waals surface area (Å²) in [4.78, 5) is 52.6. The van der Waals surface area contributed by atoms with E-state index >= 15 is 0 Å². The average molecular weight is 440 g/mol. The number of rotatable bonds is 7. The van der Waals surface area contributed by atoms with E-state index in [4.69, 9.17) is 5.73 Å². The fraction of sp³-hybridized carbons (Fsp3) is 0.478. The molecule has 0 unspecified atom stereocenters. The number of amides is 1. The van der Waals surface area contributed by atoms with Crippen LogP contribution in [0.4, 0.5) is 5.82 Å². The highest BCUT2D eigenvalue weighted by Crippen LogP contribution is 2.23. The lowest BCUT2D eigenvalue weighted by atomic mass is 9.95. The van der Waals surface area contributed by atoms with Gasteiger partial charge in [-0.25, -0.2) is 4.79 Å². The van der Waals surface area contributed by atoms with E-state index in [9.17, 15) is 19.2 Å². The van der Waals surface area contributed by atoms with Crippen LogP contribution in [0.15, 0.2) is 39.9 Å². The number of carbonyl (C=O) groups excluding carboxylic acids is 2. The third kappa shape index (κ3) is 4.67. The summed E-state index contributed by atoms with van der Waals surface area (Å²) in [6, 6.07) is 9.60. The monoisotopic (exact) mass is 439 g/mol. The summed E-state index contributed by atoms with van der Waals surface area (Å²) in [6.07, 6.45) is 3.46. The zero-order valence-electron chi connectivity index (χ0n) is 18.3. The van der Waals surface area contributed by atoms with Crippen molar-refractivity contribution in [2.45, 2.75) is 38.3 Å². The van der Waals surface area contributed by atoms with Gasteiger partial charge in [0.05, 0.1) is 13.1 Å². The summed E-state index contributed by atoms with van der Waals surface area (Å²) in [5.41, 5.74) is 5.62. The van der Waals surface area contributed by atoms with Crippen LogP contribution in [0.3, 0.4) is 0 Å². The molecule has 9 nitrogen and oxygen atoms in total. The third-order valence-electron chi connectivity index (χ3n) is 6.29. The first-order valence-electron chi connectivity index (χ1n) is 11.0. The van der Waals surface area contributed by atoms with Crippen LogP contribution in [-0.2, 0) is 18.4 Å². The Morgan fingerprint density at radius 1 is 1.06 bits per heavy atom. The molecular formula is C23H29N5O4. The van der Waals surface area contributed by atoms with Gasteiger partial charge in [-0.3, -0.25) is 28.4 Å². The van der Waals surface area contributed by atoms with Crippen molar-refractivity contribution in [1.82, 2.24) is 19.4 Å². The van der Waals surface area contributed by atoms with Crippen molar-refractivity contribution in [2.75, 3.05) is 25.4 Å². The minimum atomic E-state index is -0.680. The maximum Gasteiger partial charge on any atom is 0.332 e. The number of nitrogens with one attached hydrogen (secondary N) is 1. The molecule has 1 saturated carbocycles. The lowest BCUT2D eigenvalue weighted by molar-refractivity contribution is -0.126. The molecule has 9 heteroatoms. The van der Waals surface area contributed by atoms with Gasteiger partial charge in [0.15, 0.2) is 5.78 Å². The Morgan fingerprint density at radius 3 is 2.34 bits per heavy atom. The molecule has 1 aromatic carbocycles. The Bertz CT molecular complexity index is 1130. The van der Waals surface area contributed by atoms with Crippen LogP contribution in [0, 0.1) is 5.92 Å². The minimum Gasteiger partial charge on any atom is -0.384 e. The van der Waals surface area contributed by atoms with Crippen LogP contribution in [0.2, 0.25) is 0 Å². The van der Waals surface area contributed by atoms with Crippen molar-refractivity contribution in [3.8, 4) is 0 Å². The largest absolute Gasteiger partial charge is 0.384 e. The van der Waals surface area contributed by atoms with E-state index < -0.39 is 17.0 Å². The van der Waals surface area contributed by atoms with Gasteiger partial charge in [-0.2, -0.15) is 0 Å². The Hall–Kier alpha value is -3.20. The van der Waals surface area contributed by atoms with Gasteiger partial charge >= 0.3 is 5.69 Å². The standard InChI is InChI=1S/C23H29N5O4/c1-26-22(31)19(20(24)28(23(26)32)13-15-5-3-2-4-6-15)18(29)14-27-11-9-16(10-12-27)21(30)25-17-7-8-17/h2-6,16-17H,7-14,24H2,1H3,(H,25,30). The minimum absolute atomic E-state index is 0.0277. The van der Waals surface area contributed by atoms with Crippen LogP contribution in [0.1, 0.15) is 41.6 Å². The van der Waals surface area contributed by atoms with Gasteiger partial charge in [0.25, 0.3) is 5.56 Å². The summed E-state index contributed by atoms with van der Waals surface area (Å²) in [6.45, 7) is 1.39. The normalized spacial score (nSPS) is 17.3. The molecule has 3 N–H and O–H groups in total. The van der Waals surface area contributed by atoms with E-state index in [-0.39, 0.29) is 36.3 Å². The Labute approximate surface area is 185 Å². The van der Waals surface area contributed by atoms with Crippen molar-refractivity contribution < 1.29 is 9.59 Å². The number of aromatic nitrogens is 2. The highest BCUT2D eigenvalue weighted by Gasteiger charge is 2.31. The quantitative estimate of drug-likeness (QED) is 0.601. The van der Waals surface area contributed by atoms with Crippen LogP contribution >= 0.6 is 0 Å². The van der Waals surface area contributed by atoms with Crippen LogP contribution in [0.25, 0.3) is 0 Å². The number of hydrogen-bond donors (Lipinski definition) is 2. The molecule has 0 spiro atoms. The SMILES string of the molecule is Cn1c(=O)c(C(=O)CN2CCC(C(=O)NC3CC3)CC2)c(N)n(Cc2ccccc2)c1=O. The van der Waals surface area contributed by atoms with Crippen molar-refractivity contribution >= 4 is 17.5 Å². The zero-order chi connectivity index (χ0) is 22.8. The molecule has 0 bridgehead atoms.